The Hall–Kier alpha value is -1.72. The first-order valence-corrected chi connectivity index (χ1v) is 9.64. The van der Waals surface area contributed by atoms with Gasteiger partial charge in [-0.15, -0.1) is 0 Å². The fourth-order valence-corrected chi connectivity index (χ4v) is 3.93. The van der Waals surface area contributed by atoms with E-state index < -0.39 is 8.80 Å². The van der Waals surface area contributed by atoms with Gasteiger partial charge in [0.15, 0.2) is 0 Å². The second kappa shape index (κ2) is 8.22. The molecule has 0 aliphatic carbocycles. The highest BCUT2D eigenvalue weighted by Crippen LogP contribution is 2.22. The van der Waals surface area contributed by atoms with Crippen molar-refractivity contribution in [1.29, 1.82) is 0 Å². The van der Waals surface area contributed by atoms with Crippen molar-refractivity contribution in [2.75, 3.05) is 21.3 Å². The van der Waals surface area contributed by atoms with Gasteiger partial charge >= 0.3 is 8.80 Å². The average Bonchev–Trinajstić information content (AvgIpc) is 2.63. The smallest absolute Gasteiger partial charge is 0.377 e. The summed E-state index contributed by atoms with van der Waals surface area (Å²) in [7, 11) is 2.65. The number of hydrogen-bond acceptors (Lipinski definition) is 3. The minimum Gasteiger partial charge on any atom is -0.377 e. The molecule has 0 aliphatic heterocycles. The predicted molar refractivity (Wildman–Crippen MR) is 98.7 cm³/mol. The molecule has 0 unspecified atom stereocenters. The van der Waals surface area contributed by atoms with E-state index in [4.69, 9.17) is 13.3 Å². The minimum absolute atomic E-state index is 0.816. The highest BCUT2D eigenvalue weighted by atomic mass is 28.4. The summed E-state index contributed by atoms with van der Waals surface area (Å²) in [4.78, 5) is 0. The average molecular weight is 328 g/mol. The SMILES string of the molecule is CC[Si](OC)(OC)OC.c1ccc2cc3ccccc3cc2c1. The Morgan fingerprint density at radius 3 is 1.13 bits per heavy atom. The quantitative estimate of drug-likeness (QED) is 0.505. The van der Waals surface area contributed by atoms with Crippen molar-refractivity contribution in [3.8, 4) is 0 Å². The first-order valence-electron chi connectivity index (χ1n) is 7.71. The van der Waals surface area contributed by atoms with E-state index in [0.717, 1.165) is 6.04 Å². The van der Waals surface area contributed by atoms with Gasteiger partial charge in [-0.3, -0.25) is 0 Å². The largest absolute Gasteiger partial charge is 0.499 e. The van der Waals surface area contributed by atoms with Crippen LogP contribution in [0.2, 0.25) is 6.04 Å². The second-order valence-corrected chi connectivity index (χ2v) is 8.49. The van der Waals surface area contributed by atoms with Crippen molar-refractivity contribution in [2.45, 2.75) is 13.0 Å². The van der Waals surface area contributed by atoms with Gasteiger partial charge < -0.3 is 13.3 Å². The maximum atomic E-state index is 5.08. The van der Waals surface area contributed by atoms with E-state index in [1.165, 1.54) is 21.5 Å². The molecule has 0 radical (unpaired) electrons. The molecule has 0 fully saturated rings. The number of fused-ring (bicyclic) bond motifs is 2. The first-order chi connectivity index (χ1) is 11.2. The lowest BCUT2D eigenvalue weighted by atomic mass is 10.0. The Morgan fingerprint density at radius 2 is 0.957 bits per heavy atom. The summed E-state index contributed by atoms with van der Waals surface area (Å²) < 4.78 is 15.2. The van der Waals surface area contributed by atoms with Gasteiger partial charge in [0.25, 0.3) is 0 Å². The zero-order valence-electron chi connectivity index (χ0n) is 14.2. The van der Waals surface area contributed by atoms with Crippen LogP contribution >= 0.6 is 0 Å². The summed E-state index contributed by atoms with van der Waals surface area (Å²) in [6, 6.07) is 22.2. The summed E-state index contributed by atoms with van der Waals surface area (Å²) in [6.07, 6.45) is 0. The lowest BCUT2D eigenvalue weighted by molar-refractivity contribution is 0.125. The Bertz CT molecular complexity index is 631. The molecule has 3 nitrogen and oxygen atoms in total. The normalized spacial score (nSPS) is 11.3. The lowest BCUT2D eigenvalue weighted by Gasteiger charge is -2.22. The van der Waals surface area contributed by atoms with Gasteiger partial charge in [0.2, 0.25) is 0 Å². The van der Waals surface area contributed by atoms with E-state index in [-0.39, 0.29) is 0 Å². The molecular formula is C19H24O3Si. The monoisotopic (exact) mass is 328 g/mol. The van der Waals surface area contributed by atoms with Crippen molar-refractivity contribution in [1.82, 2.24) is 0 Å². The van der Waals surface area contributed by atoms with Gasteiger partial charge in [-0.25, -0.2) is 0 Å². The van der Waals surface area contributed by atoms with Crippen LogP contribution in [0.25, 0.3) is 21.5 Å². The predicted octanol–water partition coefficient (Wildman–Crippen LogP) is 4.88. The van der Waals surface area contributed by atoms with Crippen LogP contribution in [0.1, 0.15) is 6.92 Å². The van der Waals surface area contributed by atoms with Gasteiger partial charge in [-0.05, 0) is 33.7 Å². The zero-order chi connectivity index (χ0) is 16.7. The highest BCUT2D eigenvalue weighted by molar-refractivity contribution is 6.60. The molecule has 4 heteroatoms. The molecule has 0 saturated heterocycles. The summed E-state index contributed by atoms with van der Waals surface area (Å²) >= 11 is 0. The summed E-state index contributed by atoms with van der Waals surface area (Å²) in [5.74, 6) is 0. The standard InChI is InChI=1S/C14H10.C5H14O3Si/c1-2-6-12-10-14-8-4-3-7-13(14)9-11(12)5-1;1-5-9(6-2,7-3)8-4/h1-10H;5H2,1-4H3. The fourth-order valence-electron chi connectivity index (χ4n) is 2.57. The molecular weight excluding hydrogens is 304 g/mol. The third-order valence-corrected chi connectivity index (χ3v) is 6.71. The third-order valence-electron chi connectivity index (χ3n) is 3.98. The van der Waals surface area contributed by atoms with E-state index in [1.54, 1.807) is 21.3 Å². The molecule has 0 N–H and O–H groups in total. The molecule has 0 saturated carbocycles. The third kappa shape index (κ3) is 4.18. The van der Waals surface area contributed by atoms with Crippen molar-refractivity contribution < 1.29 is 13.3 Å². The van der Waals surface area contributed by atoms with E-state index in [2.05, 4.69) is 60.7 Å². The Morgan fingerprint density at radius 1 is 0.652 bits per heavy atom. The van der Waals surface area contributed by atoms with Crippen LogP contribution in [0.5, 0.6) is 0 Å². The van der Waals surface area contributed by atoms with Crippen molar-refractivity contribution in [3.05, 3.63) is 60.7 Å². The van der Waals surface area contributed by atoms with Crippen molar-refractivity contribution in [2.24, 2.45) is 0 Å². The van der Waals surface area contributed by atoms with Crippen LogP contribution < -0.4 is 0 Å². The van der Waals surface area contributed by atoms with Crippen molar-refractivity contribution in [3.63, 3.8) is 0 Å². The molecule has 0 atom stereocenters. The van der Waals surface area contributed by atoms with Crippen LogP contribution in [0.4, 0.5) is 0 Å². The van der Waals surface area contributed by atoms with Gasteiger partial charge in [-0.1, -0.05) is 55.5 Å². The molecule has 0 aliphatic rings. The van der Waals surface area contributed by atoms with Gasteiger partial charge in [-0.2, -0.15) is 0 Å². The van der Waals surface area contributed by atoms with Crippen LogP contribution in [-0.4, -0.2) is 30.1 Å². The molecule has 0 bridgehead atoms. The Kier molecular flexibility index (Phi) is 6.30. The maximum absolute atomic E-state index is 5.08. The topological polar surface area (TPSA) is 27.7 Å². The fraction of sp³-hybridized carbons (Fsp3) is 0.263. The van der Waals surface area contributed by atoms with Crippen LogP contribution in [0, 0.1) is 0 Å². The Balaban J connectivity index is 0.000000188. The minimum atomic E-state index is -2.19. The molecule has 0 aromatic heterocycles. The molecule has 0 spiro atoms. The van der Waals surface area contributed by atoms with Crippen LogP contribution in [0.15, 0.2) is 60.7 Å². The number of hydrogen-bond donors (Lipinski definition) is 0. The molecule has 3 aromatic carbocycles. The van der Waals surface area contributed by atoms with E-state index in [9.17, 15) is 0 Å². The van der Waals surface area contributed by atoms with Gasteiger partial charge in [0.1, 0.15) is 0 Å². The van der Waals surface area contributed by atoms with E-state index >= 15 is 0 Å². The highest BCUT2D eigenvalue weighted by Gasteiger charge is 2.34. The first kappa shape index (κ1) is 17.6. The van der Waals surface area contributed by atoms with E-state index in [0.29, 0.717) is 0 Å². The number of rotatable bonds is 4. The molecule has 3 rings (SSSR count). The molecule has 122 valence electrons. The summed E-state index contributed by atoms with van der Waals surface area (Å²) in [5.41, 5.74) is 0. The van der Waals surface area contributed by atoms with Crippen molar-refractivity contribution >= 4 is 30.3 Å². The van der Waals surface area contributed by atoms with Gasteiger partial charge in [0, 0.05) is 27.4 Å². The Labute approximate surface area is 139 Å². The van der Waals surface area contributed by atoms with Crippen LogP contribution in [0.3, 0.4) is 0 Å². The zero-order valence-corrected chi connectivity index (χ0v) is 15.2. The summed E-state index contributed by atoms with van der Waals surface area (Å²) in [6.45, 7) is 1.99. The number of benzene rings is 3. The summed E-state index contributed by atoms with van der Waals surface area (Å²) in [5, 5.41) is 5.25. The molecule has 0 heterocycles. The molecule has 3 aromatic rings. The lowest BCUT2D eigenvalue weighted by Crippen LogP contribution is -2.41. The molecule has 0 amide bonds. The van der Waals surface area contributed by atoms with Gasteiger partial charge in [0.05, 0.1) is 0 Å². The maximum Gasteiger partial charge on any atom is 0.499 e. The van der Waals surface area contributed by atoms with Crippen LogP contribution in [-0.2, 0) is 13.3 Å². The second-order valence-electron chi connectivity index (χ2n) is 5.20. The van der Waals surface area contributed by atoms with E-state index in [1.807, 2.05) is 6.92 Å². The molecule has 23 heavy (non-hydrogen) atoms.